The summed E-state index contributed by atoms with van der Waals surface area (Å²) in [5, 5.41) is 13.3. The Morgan fingerprint density at radius 1 is 1.11 bits per heavy atom. The minimum absolute atomic E-state index is 0.0434. The molecule has 1 N–H and O–H groups in total. The van der Waals surface area contributed by atoms with Crippen LogP contribution in [0.5, 0.6) is 0 Å². The number of nitro benzene ring substituents is 1. The van der Waals surface area contributed by atoms with Crippen molar-refractivity contribution >= 4 is 29.2 Å². The summed E-state index contributed by atoms with van der Waals surface area (Å²) in [6.45, 7) is 5.30. The lowest BCUT2D eigenvalue weighted by atomic mass is 10.0. The molecule has 2 aromatic rings. The zero-order valence-corrected chi connectivity index (χ0v) is 16.5. The highest BCUT2D eigenvalue weighted by Gasteiger charge is 2.28. The first-order valence-electron chi connectivity index (χ1n) is 8.71. The molecule has 148 valence electrons. The molecular weight excluding hydrogens is 384 g/mol. The first kappa shape index (κ1) is 21.4. The average molecular weight is 405 g/mol. The maximum atomic E-state index is 12.6. The van der Waals surface area contributed by atoms with Crippen molar-refractivity contribution in [2.75, 3.05) is 0 Å². The van der Waals surface area contributed by atoms with Gasteiger partial charge in [0.15, 0.2) is 0 Å². The van der Waals surface area contributed by atoms with Crippen molar-refractivity contribution in [3.8, 4) is 0 Å². The van der Waals surface area contributed by atoms with Crippen molar-refractivity contribution in [2.24, 2.45) is 5.92 Å². The van der Waals surface area contributed by atoms with Crippen molar-refractivity contribution in [2.45, 2.75) is 32.9 Å². The highest BCUT2D eigenvalue weighted by atomic mass is 35.5. The zero-order chi connectivity index (χ0) is 20.8. The topological polar surface area (TPSA) is 98.5 Å². The van der Waals surface area contributed by atoms with Crippen LogP contribution in [0.25, 0.3) is 0 Å². The molecule has 0 radical (unpaired) electrons. The predicted octanol–water partition coefficient (Wildman–Crippen LogP) is 4.31. The predicted molar refractivity (Wildman–Crippen MR) is 105 cm³/mol. The largest absolute Gasteiger partial charge is 0.456 e. The monoisotopic (exact) mass is 404 g/mol. The first-order chi connectivity index (χ1) is 13.2. The number of halogens is 1. The van der Waals surface area contributed by atoms with Gasteiger partial charge in [0.25, 0.3) is 11.6 Å². The van der Waals surface area contributed by atoms with Crippen LogP contribution in [0.3, 0.4) is 0 Å². The Bertz CT molecular complexity index is 870. The van der Waals surface area contributed by atoms with Crippen molar-refractivity contribution < 1.29 is 19.2 Å². The molecule has 2 unspecified atom stereocenters. The standard InChI is InChI=1S/C20H21ClN2O5/c1-12(2)18(20(25)28-13(3)14-7-5-4-6-8-14)22-19(24)16-10-9-15(23(26)27)11-17(16)21/h4-13,18H,1-3H3,(H,22,24). The van der Waals surface area contributed by atoms with Crippen LogP contribution in [0, 0.1) is 16.0 Å². The third kappa shape index (κ3) is 5.29. The molecule has 0 saturated heterocycles. The van der Waals surface area contributed by atoms with E-state index in [1.54, 1.807) is 20.8 Å². The molecule has 0 bridgehead atoms. The van der Waals surface area contributed by atoms with Crippen molar-refractivity contribution in [1.29, 1.82) is 0 Å². The van der Waals surface area contributed by atoms with E-state index in [9.17, 15) is 19.7 Å². The number of hydrogen-bond acceptors (Lipinski definition) is 5. The smallest absolute Gasteiger partial charge is 0.329 e. The van der Waals surface area contributed by atoms with Crippen LogP contribution in [0.15, 0.2) is 48.5 Å². The maximum absolute atomic E-state index is 12.6. The Balaban J connectivity index is 2.12. The van der Waals surface area contributed by atoms with E-state index in [2.05, 4.69) is 5.32 Å². The van der Waals surface area contributed by atoms with Gasteiger partial charge in [0.1, 0.15) is 12.1 Å². The second kappa shape index (κ2) is 9.32. The third-order valence-corrected chi connectivity index (χ3v) is 4.49. The van der Waals surface area contributed by atoms with Gasteiger partial charge in [-0.3, -0.25) is 14.9 Å². The number of nitrogens with one attached hydrogen (secondary N) is 1. The quantitative estimate of drug-likeness (QED) is 0.421. The van der Waals surface area contributed by atoms with Crippen molar-refractivity contribution in [3.05, 3.63) is 74.8 Å². The number of carbonyl (C=O) groups excluding carboxylic acids is 2. The van der Waals surface area contributed by atoms with E-state index in [0.717, 1.165) is 11.6 Å². The minimum Gasteiger partial charge on any atom is -0.456 e. The maximum Gasteiger partial charge on any atom is 0.329 e. The van der Waals surface area contributed by atoms with E-state index in [4.69, 9.17) is 16.3 Å². The lowest BCUT2D eigenvalue weighted by Gasteiger charge is -2.23. The Labute approximate surface area is 167 Å². The van der Waals surface area contributed by atoms with Crippen molar-refractivity contribution in [1.82, 2.24) is 5.32 Å². The highest BCUT2D eigenvalue weighted by molar-refractivity contribution is 6.34. The molecule has 2 atom stereocenters. The summed E-state index contributed by atoms with van der Waals surface area (Å²) in [6, 6.07) is 11.9. The highest BCUT2D eigenvalue weighted by Crippen LogP contribution is 2.23. The summed E-state index contributed by atoms with van der Waals surface area (Å²) in [4.78, 5) is 35.3. The second-order valence-corrected chi connectivity index (χ2v) is 7.01. The third-order valence-electron chi connectivity index (χ3n) is 4.18. The minimum atomic E-state index is -0.898. The number of hydrogen-bond donors (Lipinski definition) is 1. The van der Waals surface area contributed by atoms with Gasteiger partial charge in [-0.15, -0.1) is 0 Å². The summed E-state index contributed by atoms with van der Waals surface area (Å²) < 4.78 is 5.50. The van der Waals surface area contributed by atoms with Crippen LogP contribution in [0.2, 0.25) is 5.02 Å². The molecule has 28 heavy (non-hydrogen) atoms. The van der Waals surface area contributed by atoms with Gasteiger partial charge >= 0.3 is 5.97 Å². The van der Waals surface area contributed by atoms with Crippen LogP contribution in [0.4, 0.5) is 5.69 Å². The Morgan fingerprint density at radius 3 is 2.29 bits per heavy atom. The van der Waals surface area contributed by atoms with E-state index in [0.29, 0.717) is 0 Å². The van der Waals surface area contributed by atoms with Crippen molar-refractivity contribution in [3.63, 3.8) is 0 Å². The fourth-order valence-corrected chi connectivity index (χ4v) is 2.82. The number of nitrogens with zero attached hydrogens (tertiary/aromatic N) is 1. The summed E-state index contributed by atoms with van der Waals surface area (Å²) >= 11 is 5.99. The molecule has 0 aliphatic rings. The fraction of sp³-hybridized carbons (Fsp3) is 0.300. The van der Waals surface area contributed by atoms with Gasteiger partial charge < -0.3 is 10.1 Å². The molecule has 0 heterocycles. The van der Waals surface area contributed by atoms with Gasteiger partial charge in [0.05, 0.1) is 15.5 Å². The molecular formula is C20H21ClN2O5. The van der Waals surface area contributed by atoms with E-state index < -0.39 is 28.9 Å². The average Bonchev–Trinajstić information content (AvgIpc) is 2.65. The zero-order valence-electron chi connectivity index (χ0n) is 15.7. The summed E-state index contributed by atoms with van der Waals surface area (Å²) in [7, 11) is 0. The molecule has 0 saturated carbocycles. The van der Waals surface area contributed by atoms with Gasteiger partial charge in [0, 0.05) is 12.1 Å². The van der Waals surface area contributed by atoms with Crippen LogP contribution >= 0.6 is 11.6 Å². The molecule has 0 aromatic heterocycles. The number of carbonyl (C=O) groups is 2. The molecule has 7 nitrogen and oxygen atoms in total. The van der Waals surface area contributed by atoms with E-state index in [-0.39, 0.29) is 22.2 Å². The fourth-order valence-electron chi connectivity index (χ4n) is 2.56. The lowest BCUT2D eigenvalue weighted by Crippen LogP contribution is -2.45. The van der Waals surface area contributed by atoms with Gasteiger partial charge in [-0.2, -0.15) is 0 Å². The number of ether oxygens (including phenoxy) is 1. The van der Waals surface area contributed by atoms with Crippen LogP contribution in [-0.2, 0) is 9.53 Å². The number of benzene rings is 2. The van der Waals surface area contributed by atoms with Gasteiger partial charge in [-0.05, 0) is 24.5 Å². The molecule has 8 heteroatoms. The van der Waals surface area contributed by atoms with Gasteiger partial charge in [-0.1, -0.05) is 55.8 Å². The molecule has 0 aliphatic heterocycles. The van der Waals surface area contributed by atoms with Crippen LogP contribution in [0.1, 0.15) is 42.8 Å². The number of esters is 1. The SMILES string of the molecule is CC(OC(=O)C(NC(=O)c1ccc([N+](=O)[O-])cc1Cl)C(C)C)c1ccccc1. The van der Waals surface area contributed by atoms with E-state index >= 15 is 0 Å². The normalized spacial score (nSPS) is 12.9. The lowest BCUT2D eigenvalue weighted by molar-refractivity contribution is -0.384. The molecule has 0 spiro atoms. The number of amides is 1. The Kier molecular flexibility index (Phi) is 7.12. The second-order valence-electron chi connectivity index (χ2n) is 6.61. The molecule has 1 amide bonds. The number of rotatable bonds is 7. The van der Waals surface area contributed by atoms with Gasteiger partial charge in [-0.25, -0.2) is 4.79 Å². The molecule has 2 rings (SSSR count). The van der Waals surface area contributed by atoms with Crippen LogP contribution in [-0.4, -0.2) is 22.8 Å². The molecule has 0 aliphatic carbocycles. The van der Waals surface area contributed by atoms with E-state index in [1.165, 1.54) is 12.1 Å². The van der Waals surface area contributed by atoms with E-state index in [1.807, 2.05) is 30.3 Å². The Hall–Kier alpha value is -2.93. The number of non-ortho nitro benzene ring substituents is 1. The van der Waals surface area contributed by atoms with Crippen LogP contribution < -0.4 is 5.32 Å². The summed E-state index contributed by atoms with van der Waals surface area (Å²) in [6.07, 6.45) is -0.477. The summed E-state index contributed by atoms with van der Waals surface area (Å²) in [5.74, 6) is -1.42. The first-order valence-corrected chi connectivity index (χ1v) is 9.08. The Morgan fingerprint density at radius 2 is 1.75 bits per heavy atom. The van der Waals surface area contributed by atoms with Gasteiger partial charge in [0.2, 0.25) is 0 Å². The summed E-state index contributed by atoms with van der Waals surface area (Å²) in [5.41, 5.74) is 0.656. The number of nitro groups is 1. The molecule has 0 fully saturated rings. The molecule has 2 aromatic carbocycles.